The van der Waals surface area contributed by atoms with Crippen LogP contribution < -0.4 is 21.3 Å². The lowest BCUT2D eigenvalue weighted by Crippen LogP contribution is -2.59. The number of amides is 6. The maximum absolute atomic E-state index is 12.0. The van der Waals surface area contributed by atoms with Gasteiger partial charge in [-0.15, -0.1) is 0 Å². The van der Waals surface area contributed by atoms with Crippen LogP contribution in [-0.2, 0) is 0 Å². The Morgan fingerprint density at radius 1 is 0.909 bits per heavy atom. The second-order valence-corrected chi connectivity index (χ2v) is 5.19. The summed E-state index contributed by atoms with van der Waals surface area (Å²) in [5, 5.41) is 10.8. The molecule has 0 saturated carbocycles. The fourth-order valence-corrected chi connectivity index (χ4v) is 2.11. The average molecular weight is 314 g/mol. The highest BCUT2D eigenvalue weighted by Gasteiger charge is 2.43. The Hall–Kier alpha value is -2.19. The van der Waals surface area contributed by atoms with Gasteiger partial charge in [0.25, 0.3) is 0 Å². The van der Waals surface area contributed by atoms with Crippen LogP contribution in [0.1, 0.15) is 26.7 Å². The Kier molecular flexibility index (Phi) is 6.74. The monoisotopic (exact) mass is 314 g/mol. The molecule has 1 saturated heterocycles. The smallest absolute Gasteiger partial charge is 0.323 e. The van der Waals surface area contributed by atoms with E-state index < -0.39 is 12.3 Å². The number of hydrogen-bond acceptors (Lipinski definition) is 3. The largest absolute Gasteiger partial charge is 0.338 e. The van der Waals surface area contributed by atoms with Crippen LogP contribution >= 0.6 is 0 Å². The van der Waals surface area contributed by atoms with E-state index in [1.54, 1.807) is 14.1 Å². The van der Waals surface area contributed by atoms with Crippen molar-refractivity contribution in [3.8, 4) is 0 Å². The minimum atomic E-state index is -0.637. The molecule has 2 atom stereocenters. The van der Waals surface area contributed by atoms with Crippen molar-refractivity contribution in [1.82, 2.24) is 31.1 Å². The normalized spacial score (nSPS) is 20.8. The second-order valence-electron chi connectivity index (χ2n) is 5.19. The lowest BCUT2D eigenvalue weighted by atomic mass is 10.3. The Labute approximate surface area is 130 Å². The summed E-state index contributed by atoms with van der Waals surface area (Å²) in [4.78, 5) is 38.4. The van der Waals surface area contributed by atoms with Gasteiger partial charge in [0.15, 0.2) is 0 Å². The van der Waals surface area contributed by atoms with E-state index in [0.717, 1.165) is 12.8 Å². The van der Waals surface area contributed by atoms with E-state index in [2.05, 4.69) is 21.3 Å². The zero-order chi connectivity index (χ0) is 16.7. The van der Waals surface area contributed by atoms with Crippen LogP contribution in [0.5, 0.6) is 0 Å². The van der Waals surface area contributed by atoms with Crippen LogP contribution in [0.2, 0.25) is 0 Å². The van der Waals surface area contributed by atoms with E-state index in [4.69, 9.17) is 0 Å². The Morgan fingerprint density at radius 2 is 1.27 bits per heavy atom. The van der Waals surface area contributed by atoms with Gasteiger partial charge in [-0.05, 0) is 12.8 Å². The Morgan fingerprint density at radius 3 is 1.59 bits per heavy atom. The van der Waals surface area contributed by atoms with Crippen molar-refractivity contribution in [2.45, 2.75) is 39.0 Å². The fraction of sp³-hybridized carbons (Fsp3) is 0.769. The molecule has 0 aromatic carbocycles. The highest BCUT2D eigenvalue weighted by molar-refractivity contribution is 5.82. The molecule has 9 heteroatoms. The van der Waals surface area contributed by atoms with Gasteiger partial charge in [0.1, 0.15) is 12.3 Å². The average Bonchev–Trinajstić information content (AvgIpc) is 2.69. The molecule has 0 aliphatic carbocycles. The molecule has 0 spiro atoms. The summed E-state index contributed by atoms with van der Waals surface area (Å²) >= 11 is 0. The summed E-state index contributed by atoms with van der Waals surface area (Å²) in [5.74, 6) is 0. The number of likely N-dealkylation sites (N-methyl/N-ethyl adjacent to an activating group) is 2. The van der Waals surface area contributed by atoms with Gasteiger partial charge in [-0.3, -0.25) is 0 Å². The second kappa shape index (κ2) is 8.30. The van der Waals surface area contributed by atoms with Crippen LogP contribution in [0.3, 0.4) is 0 Å². The molecular formula is C13H26N6O3. The molecule has 1 aliphatic rings. The van der Waals surface area contributed by atoms with Crippen LogP contribution in [0, 0.1) is 0 Å². The van der Waals surface area contributed by atoms with E-state index in [-0.39, 0.29) is 18.1 Å². The number of rotatable bonds is 6. The van der Waals surface area contributed by atoms with Crippen molar-refractivity contribution >= 4 is 18.1 Å². The number of nitrogens with one attached hydrogen (secondary N) is 4. The van der Waals surface area contributed by atoms with E-state index >= 15 is 0 Å². The molecule has 6 amide bonds. The maximum Gasteiger partial charge on any atom is 0.323 e. The van der Waals surface area contributed by atoms with E-state index in [1.165, 1.54) is 9.80 Å². The predicted octanol–water partition coefficient (Wildman–Crippen LogP) is 0.0542. The van der Waals surface area contributed by atoms with E-state index in [9.17, 15) is 14.4 Å². The lowest BCUT2D eigenvalue weighted by Gasteiger charge is -2.26. The van der Waals surface area contributed by atoms with Gasteiger partial charge >= 0.3 is 18.1 Å². The van der Waals surface area contributed by atoms with Gasteiger partial charge < -0.3 is 31.1 Å². The first-order chi connectivity index (χ1) is 10.4. The van der Waals surface area contributed by atoms with Gasteiger partial charge in [-0.1, -0.05) is 13.8 Å². The minimum Gasteiger partial charge on any atom is -0.338 e. The number of nitrogens with zero attached hydrogens (tertiary/aromatic N) is 2. The Balaban J connectivity index is 2.70. The fourth-order valence-electron chi connectivity index (χ4n) is 2.11. The summed E-state index contributed by atoms with van der Waals surface area (Å²) in [6.07, 6.45) is 0.352. The third-order valence-electron chi connectivity index (χ3n) is 3.37. The van der Waals surface area contributed by atoms with Crippen LogP contribution in [0.15, 0.2) is 0 Å². The zero-order valence-corrected chi connectivity index (χ0v) is 13.6. The number of carbonyl (C=O) groups excluding carboxylic acids is 3. The molecule has 0 aromatic heterocycles. The summed E-state index contributed by atoms with van der Waals surface area (Å²) in [6, 6.07) is -1.02. The van der Waals surface area contributed by atoms with Crippen molar-refractivity contribution in [2.24, 2.45) is 0 Å². The van der Waals surface area contributed by atoms with E-state index in [0.29, 0.717) is 13.1 Å². The topological polar surface area (TPSA) is 106 Å². The molecule has 22 heavy (non-hydrogen) atoms. The molecule has 0 unspecified atom stereocenters. The van der Waals surface area contributed by atoms with Gasteiger partial charge in [-0.2, -0.15) is 0 Å². The first-order valence-corrected chi connectivity index (χ1v) is 7.50. The zero-order valence-electron chi connectivity index (χ0n) is 13.6. The number of carbonyl (C=O) groups is 3. The van der Waals surface area contributed by atoms with Gasteiger partial charge in [0, 0.05) is 27.2 Å². The quantitative estimate of drug-likeness (QED) is 0.557. The summed E-state index contributed by atoms with van der Waals surface area (Å²) in [5.41, 5.74) is 0. The third-order valence-corrected chi connectivity index (χ3v) is 3.37. The van der Waals surface area contributed by atoms with Crippen molar-refractivity contribution in [3.63, 3.8) is 0 Å². The highest BCUT2D eigenvalue weighted by atomic mass is 16.2. The molecule has 0 bridgehead atoms. The number of hydrogen-bond donors (Lipinski definition) is 4. The maximum atomic E-state index is 12.0. The highest BCUT2D eigenvalue weighted by Crippen LogP contribution is 2.16. The van der Waals surface area contributed by atoms with Crippen molar-refractivity contribution in [2.75, 3.05) is 27.2 Å². The minimum absolute atomic E-state index is 0.276. The molecule has 9 nitrogen and oxygen atoms in total. The van der Waals surface area contributed by atoms with Gasteiger partial charge in [-0.25, -0.2) is 14.4 Å². The van der Waals surface area contributed by atoms with Crippen LogP contribution in [0.4, 0.5) is 14.4 Å². The van der Waals surface area contributed by atoms with Crippen molar-refractivity contribution in [3.05, 3.63) is 0 Å². The third kappa shape index (κ3) is 4.40. The van der Waals surface area contributed by atoms with Crippen LogP contribution in [-0.4, -0.2) is 67.4 Å². The molecule has 0 radical (unpaired) electrons. The summed E-state index contributed by atoms with van der Waals surface area (Å²) < 4.78 is 0. The lowest BCUT2D eigenvalue weighted by molar-refractivity contribution is 0.194. The predicted molar refractivity (Wildman–Crippen MR) is 82.1 cm³/mol. The Bertz CT molecular complexity index is 381. The number of urea groups is 3. The molecule has 126 valence electrons. The first-order valence-electron chi connectivity index (χ1n) is 7.50. The van der Waals surface area contributed by atoms with Gasteiger partial charge in [0.05, 0.1) is 0 Å². The SMILES string of the molecule is CCCNC(=O)N[C@@H]1[C@@H](NC(=O)NCCC)N(C)C(=O)N1C. The molecule has 4 N–H and O–H groups in total. The summed E-state index contributed by atoms with van der Waals surface area (Å²) in [7, 11) is 3.16. The molecular weight excluding hydrogens is 288 g/mol. The van der Waals surface area contributed by atoms with Crippen LogP contribution in [0.25, 0.3) is 0 Å². The molecule has 1 fully saturated rings. The summed E-state index contributed by atoms with van der Waals surface area (Å²) in [6.45, 7) is 4.98. The van der Waals surface area contributed by atoms with Gasteiger partial charge in [0.2, 0.25) is 0 Å². The van der Waals surface area contributed by atoms with Crippen molar-refractivity contribution in [1.29, 1.82) is 0 Å². The van der Waals surface area contributed by atoms with Crippen molar-refractivity contribution < 1.29 is 14.4 Å². The first kappa shape index (κ1) is 17.9. The molecule has 0 aromatic rings. The van der Waals surface area contributed by atoms with E-state index in [1.807, 2.05) is 13.8 Å². The molecule has 1 rings (SSSR count). The standard InChI is InChI=1S/C13H26N6O3/c1-5-7-14-11(20)16-9-10(17-12(21)15-8-6-2)19(4)13(22)18(9)3/h9-10H,5-8H2,1-4H3,(H2,14,16,20)(H2,15,17,21)/t9-,10-/m0/s1. The molecule has 1 heterocycles. The molecule has 1 aliphatic heterocycles.